The minimum atomic E-state index is 0.230. The van der Waals surface area contributed by atoms with Crippen molar-refractivity contribution < 1.29 is 0 Å². The van der Waals surface area contributed by atoms with E-state index in [1.807, 2.05) is 6.92 Å². The molecule has 0 saturated heterocycles. The number of rotatable bonds is 3. The van der Waals surface area contributed by atoms with Crippen molar-refractivity contribution in [2.45, 2.75) is 26.3 Å². The van der Waals surface area contributed by atoms with Gasteiger partial charge in [-0.25, -0.2) is 0 Å². The fourth-order valence-electron chi connectivity index (χ4n) is 2.59. The Morgan fingerprint density at radius 1 is 1.19 bits per heavy atom. The quantitative estimate of drug-likeness (QED) is 0.945. The first-order valence-corrected chi connectivity index (χ1v) is 7.61. The van der Waals surface area contributed by atoms with Crippen molar-refractivity contribution in [3.63, 3.8) is 0 Å². The molecule has 5 nitrogen and oxygen atoms in total. The van der Waals surface area contributed by atoms with E-state index in [-0.39, 0.29) is 5.28 Å². The van der Waals surface area contributed by atoms with Crippen LogP contribution in [-0.2, 0) is 13.0 Å². The van der Waals surface area contributed by atoms with Crippen molar-refractivity contribution in [2.24, 2.45) is 0 Å². The first kappa shape index (κ1) is 14.1. The number of hydrogen-bond donors (Lipinski definition) is 1. The van der Waals surface area contributed by atoms with Crippen molar-refractivity contribution in [1.29, 1.82) is 0 Å². The van der Waals surface area contributed by atoms with Crippen LogP contribution in [0.5, 0.6) is 0 Å². The van der Waals surface area contributed by atoms with Crippen LogP contribution >= 0.6 is 11.6 Å². The SMILES string of the molecule is CCNc1nc(Cl)nc(N2CCCc3ccccc3C2)n1. The lowest BCUT2D eigenvalue weighted by Crippen LogP contribution is -2.25. The Bertz CT molecular complexity index is 631. The molecule has 0 fully saturated rings. The van der Waals surface area contributed by atoms with Gasteiger partial charge in [-0.05, 0) is 42.5 Å². The van der Waals surface area contributed by atoms with E-state index >= 15 is 0 Å². The van der Waals surface area contributed by atoms with Crippen LogP contribution < -0.4 is 10.2 Å². The van der Waals surface area contributed by atoms with E-state index in [0.29, 0.717) is 11.9 Å². The number of benzene rings is 1. The second-order valence-electron chi connectivity index (χ2n) is 5.05. The summed E-state index contributed by atoms with van der Waals surface area (Å²) in [5.41, 5.74) is 2.74. The minimum absolute atomic E-state index is 0.230. The Labute approximate surface area is 129 Å². The standard InChI is InChI=1S/C15H18ClN5/c1-2-17-14-18-13(16)19-15(20-14)21-9-5-8-11-6-3-4-7-12(11)10-21/h3-4,6-7H,2,5,8-10H2,1H3,(H,17,18,19,20). The van der Waals surface area contributed by atoms with E-state index in [1.165, 1.54) is 11.1 Å². The van der Waals surface area contributed by atoms with Crippen LogP contribution in [0.4, 0.5) is 11.9 Å². The van der Waals surface area contributed by atoms with Crippen molar-refractivity contribution in [3.05, 3.63) is 40.7 Å². The van der Waals surface area contributed by atoms with Gasteiger partial charge in [0.15, 0.2) is 0 Å². The molecule has 6 heteroatoms. The van der Waals surface area contributed by atoms with Gasteiger partial charge in [-0.2, -0.15) is 15.0 Å². The Hall–Kier alpha value is -1.88. The summed E-state index contributed by atoms with van der Waals surface area (Å²) in [4.78, 5) is 15.0. The van der Waals surface area contributed by atoms with Crippen molar-refractivity contribution >= 4 is 23.5 Å². The van der Waals surface area contributed by atoms with Crippen LogP contribution in [0.2, 0.25) is 5.28 Å². The lowest BCUT2D eigenvalue weighted by atomic mass is 10.0. The van der Waals surface area contributed by atoms with Gasteiger partial charge < -0.3 is 10.2 Å². The molecule has 0 unspecified atom stereocenters. The average Bonchev–Trinajstić information content (AvgIpc) is 2.69. The summed E-state index contributed by atoms with van der Waals surface area (Å²) in [6.45, 7) is 4.48. The molecule has 0 aliphatic carbocycles. The monoisotopic (exact) mass is 303 g/mol. The van der Waals surface area contributed by atoms with Gasteiger partial charge in [0.25, 0.3) is 0 Å². The molecule has 0 saturated carbocycles. The van der Waals surface area contributed by atoms with Gasteiger partial charge in [-0.1, -0.05) is 24.3 Å². The summed E-state index contributed by atoms with van der Waals surface area (Å²) in [6.07, 6.45) is 2.17. The third-order valence-corrected chi connectivity index (χ3v) is 3.74. The lowest BCUT2D eigenvalue weighted by molar-refractivity contribution is 0.736. The maximum Gasteiger partial charge on any atom is 0.231 e. The highest BCUT2D eigenvalue weighted by Gasteiger charge is 2.17. The highest BCUT2D eigenvalue weighted by Crippen LogP contribution is 2.22. The van der Waals surface area contributed by atoms with Crippen LogP contribution in [0.3, 0.4) is 0 Å². The minimum Gasteiger partial charge on any atom is -0.354 e. The maximum atomic E-state index is 6.02. The number of fused-ring (bicyclic) bond motifs is 1. The summed E-state index contributed by atoms with van der Waals surface area (Å²) in [5, 5.41) is 3.32. The van der Waals surface area contributed by atoms with Gasteiger partial charge in [0, 0.05) is 19.6 Å². The van der Waals surface area contributed by atoms with Crippen molar-refractivity contribution in [3.8, 4) is 0 Å². The highest BCUT2D eigenvalue weighted by molar-refractivity contribution is 6.28. The molecule has 0 atom stereocenters. The van der Waals surface area contributed by atoms with Gasteiger partial charge in [0.2, 0.25) is 17.2 Å². The zero-order chi connectivity index (χ0) is 14.7. The Kier molecular flexibility index (Phi) is 4.20. The van der Waals surface area contributed by atoms with E-state index in [9.17, 15) is 0 Å². The highest BCUT2D eigenvalue weighted by atomic mass is 35.5. The Morgan fingerprint density at radius 3 is 2.81 bits per heavy atom. The summed E-state index contributed by atoms with van der Waals surface area (Å²) in [6, 6.07) is 8.54. The number of hydrogen-bond acceptors (Lipinski definition) is 5. The fraction of sp³-hybridized carbons (Fsp3) is 0.400. The number of aromatic nitrogens is 3. The zero-order valence-electron chi connectivity index (χ0n) is 12.0. The third-order valence-electron chi connectivity index (χ3n) is 3.57. The second kappa shape index (κ2) is 6.26. The molecule has 1 aromatic carbocycles. The topological polar surface area (TPSA) is 53.9 Å². The molecule has 0 spiro atoms. The first-order valence-electron chi connectivity index (χ1n) is 7.23. The summed E-state index contributed by atoms with van der Waals surface area (Å²) in [7, 11) is 0. The molecule has 2 aromatic rings. The van der Waals surface area contributed by atoms with Crippen LogP contribution in [0.1, 0.15) is 24.5 Å². The van der Waals surface area contributed by atoms with Gasteiger partial charge in [-0.15, -0.1) is 0 Å². The largest absolute Gasteiger partial charge is 0.354 e. The third kappa shape index (κ3) is 3.24. The molecule has 1 aliphatic heterocycles. The van der Waals surface area contributed by atoms with Crippen molar-refractivity contribution in [2.75, 3.05) is 23.3 Å². The predicted molar refractivity (Wildman–Crippen MR) is 84.8 cm³/mol. The average molecular weight is 304 g/mol. The molecule has 21 heavy (non-hydrogen) atoms. The molecular weight excluding hydrogens is 286 g/mol. The number of anilines is 2. The Balaban J connectivity index is 1.90. The lowest BCUT2D eigenvalue weighted by Gasteiger charge is -2.21. The number of nitrogens with one attached hydrogen (secondary N) is 1. The van der Waals surface area contributed by atoms with E-state index in [0.717, 1.165) is 32.5 Å². The summed E-state index contributed by atoms with van der Waals surface area (Å²) >= 11 is 6.02. The normalized spacial score (nSPS) is 14.5. The van der Waals surface area contributed by atoms with Crippen molar-refractivity contribution in [1.82, 2.24) is 15.0 Å². The molecular formula is C15H18ClN5. The van der Waals surface area contributed by atoms with Crippen LogP contribution in [0, 0.1) is 0 Å². The van der Waals surface area contributed by atoms with Crippen LogP contribution in [-0.4, -0.2) is 28.0 Å². The summed E-state index contributed by atoms with van der Waals surface area (Å²) < 4.78 is 0. The molecule has 1 aromatic heterocycles. The van der Waals surface area contributed by atoms with Gasteiger partial charge in [0.05, 0.1) is 0 Å². The molecule has 1 N–H and O–H groups in total. The van der Waals surface area contributed by atoms with Gasteiger partial charge >= 0.3 is 0 Å². The number of nitrogens with zero attached hydrogens (tertiary/aromatic N) is 4. The predicted octanol–water partition coefficient (Wildman–Crippen LogP) is 2.91. The molecule has 2 heterocycles. The molecule has 110 valence electrons. The first-order chi connectivity index (χ1) is 10.3. The summed E-state index contributed by atoms with van der Waals surface area (Å²) in [5.74, 6) is 1.17. The fourth-order valence-corrected chi connectivity index (χ4v) is 2.75. The van der Waals surface area contributed by atoms with E-state index in [2.05, 4.69) is 49.4 Å². The zero-order valence-corrected chi connectivity index (χ0v) is 12.8. The molecule has 0 bridgehead atoms. The molecule has 0 amide bonds. The van der Waals surface area contributed by atoms with Gasteiger partial charge in [0.1, 0.15) is 0 Å². The van der Waals surface area contributed by atoms with E-state index in [4.69, 9.17) is 11.6 Å². The van der Waals surface area contributed by atoms with E-state index < -0.39 is 0 Å². The van der Waals surface area contributed by atoms with Crippen LogP contribution in [0.25, 0.3) is 0 Å². The molecule has 1 aliphatic rings. The Morgan fingerprint density at radius 2 is 2.00 bits per heavy atom. The smallest absolute Gasteiger partial charge is 0.231 e. The maximum absolute atomic E-state index is 6.02. The second-order valence-corrected chi connectivity index (χ2v) is 5.39. The van der Waals surface area contributed by atoms with E-state index in [1.54, 1.807) is 0 Å². The number of aryl methyl sites for hydroxylation is 1. The van der Waals surface area contributed by atoms with Gasteiger partial charge in [-0.3, -0.25) is 0 Å². The number of halogens is 1. The molecule has 3 rings (SSSR count). The molecule has 0 radical (unpaired) electrons. The van der Waals surface area contributed by atoms with Crippen LogP contribution in [0.15, 0.2) is 24.3 Å².